The monoisotopic (exact) mass is 429 g/mol. The van der Waals surface area contributed by atoms with Crippen molar-refractivity contribution >= 4 is 34.0 Å². The summed E-state index contributed by atoms with van der Waals surface area (Å²) in [6, 6.07) is 18.1. The highest BCUT2D eigenvalue weighted by Gasteiger charge is 2.21. The Labute approximate surface area is 187 Å². The van der Waals surface area contributed by atoms with Crippen LogP contribution in [0.2, 0.25) is 0 Å². The molecule has 0 aliphatic heterocycles. The summed E-state index contributed by atoms with van der Waals surface area (Å²) >= 11 is 0. The number of hydrazone groups is 1. The second-order valence-corrected chi connectivity index (χ2v) is 8.26. The van der Waals surface area contributed by atoms with Crippen LogP contribution in [0, 0.1) is 5.92 Å². The lowest BCUT2D eigenvalue weighted by atomic mass is 9.88. The quantitative estimate of drug-likeness (QED) is 0.384. The van der Waals surface area contributed by atoms with E-state index in [1.165, 1.54) is 6.42 Å². The Kier molecular flexibility index (Phi) is 6.50. The van der Waals surface area contributed by atoms with Gasteiger partial charge in [0.25, 0.3) is 5.91 Å². The van der Waals surface area contributed by atoms with Crippen LogP contribution in [0.15, 0.2) is 65.8 Å². The average molecular weight is 430 g/mol. The van der Waals surface area contributed by atoms with Crippen molar-refractivity contribution in [1.82, 2.24) is 5.43 Å². The molecule has 0 heterocycles. The molecule has 3 aromatic rings. The fourth-order valence-electron chi connectivity index (χ4n) is 4.07. The lowest BCUT2D eigenvalue weighted by Gasteiger charge is -2.20. The number of benzene rings is 3. The van der Waals surface area contributed by atoms with Gasteiger partial charge in [-0.25, -0.2) is 5.43 Å². The highest BCUT2D eigenvalue weighted by Crippen LogP contribution is 2.26. The van der Waals surface area contributed by atoms with Crippen LogP contribution >= 0.6 is 0 Å². The molecule has 0 atom stereocenters. The molecule has 1 aliphatic rings. The number of fused-ring (bicyclic) bond motifs is 1. The fraction of sp³-hybridized carbons (Fsp3) is 0.269. The molecule has 6 nitrogen and oxygen atoms in total. The van der Waals surface area contributed by atoms with Gasteiger partial charge in [0, 0.05) is 11.6 Å². The SMILES string of the molecule is CC(=NNC(=O)c1cc2ccccc2cc1O)c1ccc(NC(=O)C2CCCCC2)cc1. The van der Waals surface area contributed by atoms with Gasteiger partial charge in [-0.05, 0) is 60.4 Å². The van der Waals surface area contributed by atoms with Gasteiger partial charge in [0.1, 0.15) is 5.75 Å². The molecule has 6 heteroatoms. The Balaban J connectivity index is 1.40. The number of hydrogen-bond donors (Lipinski definition) is 3. The minimum atomic E-state index is -0.482. The maximum absolute atomic E-state index is 12.5. The van der Waals surface area contributed by atoms with Crippen LogP contribution in [-0.2, 0) is 4.79 Å². The topological polar surface area (TPSA) is 90.8 Å². The first kappa shape index (κ1) is 21.6. The Morgan fingerprint density at radius 3 is 2.28 bits per heavy atom. The number of anilines is 1. The van der Waals surface area contributed by atoms with Crippen LogP contribution in [0.4, 0.5) is 5.69 Å². The molecule has 1 aliphatic carbocycles. The second kappa shape index (κ2) is 9.64. The largest absolute Gasteiger partial charge is 0.507 e. The molecule has 0 spiro atoms. The molecule has 0 unspecified atom stereocenters. The Bertz CT molecular complexity index is 1160. The molecule has 3 N–H and O–H groups in total. The standard InChI is InChI=1S/C26H27N3O3/c1-17(18-11-13-22(14-12-18)27-25(31)19-7-3-2-4-8-19)28-29-26(32)23-15-20-9-5-6-10-21(20)16-24(23)30/h5-6,9-16,19,30H,2-4,7-8H2,1H3,(H,27,31)(H,29,32). The highest BCUT2D eigenvalue weighted by molar-refractivity contribution is 6.04. The van der Waals surface area contributed by atoms with Crippen molar-refractivity contribution < 1.29 is 14.7 Å². The maximum atomic E-state index is 12.5. The number of nitrogens with one attached hydrogen (secondary N) is 2. The molecule has 0 bridgehead atoms. The average Bonchev–Trinajstić information content (AvgIpc) is 2.83. The number of hydrogen-bond acceptors (Lipinski definition) is 4. The molecule has 0 aromatic heterocycles. The first-order valence-corrected chi connectivity index (χ1v) is 11.0. The predicted octanol–water partition coefficient (Wildman–Crippen LogP) is 5.22. The minimum Gasteiger partial charge on any atom is -0.507 e. The molecule has 3 aromatic carbocycles. The Morgan fingerprint density at radius 1 is 0.938 bits per heavy atom. The summed E-state index contributed by atoms with van der Waals surface area (Å²) in [6.45, 7) is 1.79. The van der Waals surface area contributed by atoms with Gasteiger partial charge >= 0.3 is 0 Å². The van der Waals surface area contributed by atoms with Gasteiger partial charge < -0.3 is 10.4 Å². The number of phenolic OH excluding ortho intramolecular Hbond substituents is 1. The van der Waals surface area contributed by atoms with Crippen molar-refractivity contribution in [3.8, 4) is 5.75 Å². The zero-order valence-corrected chi connectivity index (χ0v) is 18.1. The molecular formula is C26H27N3O3. The normalized spacial score (nSPS) is 14.8. The summed E-state index contributed by atoms with van der Waals surface area (Å²) in [7, 11) is 0. The number of phenols is 1. The van der Waals surface area contributed by atoms with E-state index in [1.54, 1.807) is 19.1 Å². The van der Waals surface area contributed by atoms with Crippen molar-refractivity contribution in [2.24, 2.45) is 11.0 Å². The maximum Gasteiger partial charge on any atom is 0.275 e. The highest BCUT2D eigenvalue weighted by atomic mass is 16.3. The van der Waals surface area contributed by atoms with E-state index < -0.39 is 5.91 Å². The molecule has 0 radical (unpaired) electrons. The number of carbonyl (C=O) groups excluding carboxylic acids is 2. The van der Waals surface area contributed by atoms with E-state index in [9.17, 15) is 14.7 Å². The van der Waals surface area contributed by atoms with Gasteiger partial charge in [-0.1, -0.05) is 55.7 Å². The van der Waals surface area contributed by atoms with E-state index in [0.717, 1.165) is 47.7 Å². The third kappa shape index (κ3) is 4.97. The first-order chi connectivity index (χ1) is 15.5. The minimum absolute atomic E-state index is 0.0882. The van der Waals surface area contributed by atoms with Gasteiger partial charge in [-0.3, -0.25) is 9.59 Å². The van der Waals surface area contributed by atoms with Crippen LogP contribution in [-0.4, -0.2) is 22.6 Å². The molecule has 1 fully saturated rings. The molecule has 164 valence electrons. The summed E-state index contributed by atoms with van der Waals surface area (Å²) in [4.78, 5) is 24.9. The van der Waals surface area contributed by atoms with Gasteiger partial charge in [0.2, 0.25) is 5.91 Å². The van der Waals surface area contributed by atoms with Gasteiger partial charge in [0.05, 0.1) is 11.3 Å². The zero-order valence-electron chi connectivity index (χ0n) is 18.1. The summed E-state index contributed by atoms with van der Waals surface area (Å²) < 4.78 is 0. The van der Waals surface area contributed by atoms with E-state index in [1.807, 2.05) is 48.5 Å². The molecular weight excluding hydrogens is 402 g/mol. The van der Waals surface area contributed by atoms with E-state index >= 15 is 0 Å². The van der Waals surface area contributed by atoms with E-state index in [-0.39, 0.29) is 23.1 Å². The van der Waals surface area contributed by atoms with Gasteiger partial charge in [-0.2, -0.15) is 5.10 Å². The van der Waals surface area contributed by atoms with Crippen molar-refractivity contribution in [2.75, 3.05) is 5.32 Å². The molecule has 4 rings (SSSR count). The van der Waals surface area contributed by atoms with Gasteiger partial charge in [0.15, 0.2) is 0 Å². The summed E-state index contributed by atoms with van der Waals surface area (Å²) in [5.41, 5.74) is 4.87. The molecule has 1 saturated carbocycles. The lowest BCUT2D eigenvalue weighted by molar-refractivity contribution is -0.120. The van der Waals surface area contributed by atoms with Crippen molar-refractivity contribution in [2.45, 2.75) is 39.0 Å². The van der Waals surface area contributed by atoms with E-state index in [2.05, 4.69) is 15.8 Å². The third-order valence-electron chi connectivity index (χ3n) is 5.98. The van der Waals surface area contributed by atoms with Crippen LogP contribution in [0.3, 0.4) is 0 Å². The number of aromatic hydroxyl groups is 1. The van der Waals surface area contributed by atoms with Crippen LogP contribution in [0.25, 0.3) is 10.8 Å². The number of carbonyl (C=O) groups is 2. The van der Waals surface area contributed by atoms with Crippen molar-refractivity contribution in [1.29, 1.82) is 0 Å². The lowest BCUT2D eigenvalue weighted by Crippen LogP contribution is -2.24. The molecule has 0 saturated heterocycles. The van der Waals surface area contributed by atoms with Crippen molar-refractivity contribution in [3.05, 3.63) is 71.8 Å². The predicted molar refractivity (Wildman–Crippen MR) is 127 cm³/mol. The summed E-state index contributed by atoms with van der Waals surface area (Å²) in [5.74, 6) is -0.380. The van der Waals surface area contributed by atoms with E-state index in [0.29, 0.717) is 5.71 Å². The smallest absolute Gasteiger partial charge is 0.275 e. The third-order valence-corrected chi connectivity index (χ3v) is 5.98. The first-order valence-electron chi connectivity index (χ1n) is 11.0. The second-order valence-electron chi connectivity index (χ2n) is 8.26. The van der Waals surface area contributed by atoms with Crippen molar-refractivity contribution in [3.63, 3.8) is 0 Å². The van der Waals surface area contributed by atoms with E-state index in [4.69, 9.17) is 0 Å². The fourth-order valence-corrected chi connectivity index (χ4v) is 4.07. The number of rotatable bonds is 5. The number of nitrogens with zero attached hydrogens (tertiary/aromatic N) is 1. The Morgan fingerprint density at radius 2 is 1.59 bits per heavy atom. The van der Waals surface area contributed by atoms with Crippen LogP contribution in [0.5, 0.6) is 5.75 Å². The number of amides is 2. The zero-order chi connectivity index (χ0) is 22.5. The molecule has 2 amide bonds. The Hall–Kier alpha value is -3.67. The molecule has 32 heavy (non-hydrogen) atoms. The van der Waals surface area contributed by atoms with Crippen LogP contribution < -0.4 is 10.7 Å². The van der Waals surface area contributed by atoms with Gasteiger partial charge in [-0.15, -0.1) is 0 Å². The van der Waals surface area contributed by atoms with Crippen LogP contribution in [0.1, 0.15) is 54.9 Å². The summed E-state index contributed by atoms with van der Waals surface area (Å²) in [6.07, 6.45) is 5.38. The summed E-state index contributed by atoms with van der Waals surface area (Å²) in [5, 5.41) is 19.1.